The monoisotopic (exact) mass is 474 g/mol. The van der Waals surface area contributed by atoms with E-state index < -0.39 is 0 Å². The fourth-order valence-electron chi connectivity index (χ4n) is 7.18. The minimum absolute atomic E-state index is 0.0189. The maximum absolute atomic E-state index is 13.6. The average molecular weight is 475 g/mol. The number of hydrogen-bond acceptors (Lipinski definition) is 5. The molecule has 0 amide bonds. The molecule has 2 aromatic heterocycles. The molecule has 6 rings (SSSR count). The van der Waals surface area contributed by atoms with E-state index in [2.05, 4.69) is 61.3 Å². The van der Waals surface area contributed by atoms with Gasteiger partial charge in [-0.15, -0.1) is 5.10 Å². The molecule has 3 aromatic rings. The van der Waals surface area contributed by atoms with Crippen LogP contribution in [0.1, 0.15) is 106 Å². The van der Waals surface area contributed by atoms with Crippen LogP contribution in [0.4, 0.5) is 0 Å². The Morgan fingerprint density at radius 3 is 2.60 bits per heavy atom. The minimum Gasteiger partial charge on any atom is -0.322 e. The first-order valence-electron chi connectivity index (χ1n) is 13.8. The number of piperidine rings is 1. The second-order valence-corrected chi connectivity index (χ2v) is 11.5. The number of likely N-dealkylation sites (tertiary alicyclic amines) is 1. The lowest BCUT2D eigenvalue weighted by Crippen LogP contribution is -2.47. The summed E-state index contributed by atoms with van der Waals surface area (Å²) in [6.07, 6.45) is 15.0. The van der Waals surface area contributed by atoms with Crippen molar-refractivity contribution in [3.63, 3.8) is 0 Å². The van der Waals surface area contributed by atoms with Crippen LogP contribution in [0.5, 0.6) is 0 Å². The van der Waals surface area contributed by atoms with Gasteiger partial charge in [0.2, 0.25) is 0 Å². The maximum Gasteiger partial charge on any atom is 0.253 e. The third-order valence-electron chi connectivity index (χ3n) is 8.98. The van der Waals surface area contributed by atoms with E-state index in [0.29, 0.717) is 11.5 Å². The van der Waals surface area contributed by atoms with Crippen molar-refractivity contribution in [3.05, 3.63) is 51.6 Å². The zero-order valence-electron chi connectivity index (χ0n) is 21.0. The van der Waals surface area contributed by atoms with E-state index in [0.717, 1.165) is 53.8 Å². The number of hydrogen-bond donors (Lipinski definition) is 1. The Hall–Kier alpha value is -2.54. The summed E-state index contributed by atoms with van der Waals surface area (Å²) in [5.41, 5.74) is 3.18. The molecular weight excluding hydrogens is 436 g/mol. The van der Waals surface area contributed by atoms with Crippen molar-refractivity contribution in [1.82, 2.24) is 30.1 Å². The highest BCUT2D eigenvalue weighted by Crippen LogP contribution is 2.46. The summed E-state index contributed by atoms with van der Waals surface area (Å²) >= 11 is 0. The highest BCUT2D eigenvalue weighted by Gasteiger charge is 2.41. The largest absolute Gasteiger partial charge is 0.322 e. The summed E-state index contributed by atoms with van der Waals surface area (Å²) in [7, 11) is 0. The molecule has 1 aliphatic heterocycles. The number of fused-ring (bicyclic) bond motifs is 1. The number of benzene rings is 1. The molecule has 35 heavy (non-hydrogen) atoms. The molecule has 7 nitrogen and oxygen atoms in total. The Morgan fingerprint density at radius 2 is 1.77 bits per heavy atom. The fourth-order valence-corrected chi connectivity index (χ4v) is 7.18. The molecule has 0 bridgehead atoms. The van der Waals surface area contributed by atoms with Gasteiger partial charge in [0.05, 0.1) is 6.04 Å². The smallest absolute Gasteiger partial charge is 0.253 e. The first kappa shape index (κ1) is 22.9. The van der Waals surface area contributed by atoms with Gasteiger partial charge in [0, 0.05) is 17.6 Å². The van der Waals surface area contributed by atoms with E-state index in [1.165, 1.54) is 64.2 Å². The molecule has 3 fully saturated rings. The molecule has 3 aliphatic rings. The number of aryl methyl sites for hydroxylation is 1. The first-order chi connectivity index (χ1) is 17.1. The van der Waals surface area contributed by atoms with Gasteiger partial charge in [-0.3, -0.25) is 9.69 Å². The zero-order chi connectivity index (χ0) is 23.8. The Labute approximate surface area is 207 Å². The van der Waals surface area contributed by atoms with Gasteiger partial charge in [0.1, 0.15) is 6.04 Å². The second kappa shape index (κ2) is 9.49. The highest BCUT2D eigenvalue weighted by molar-refractivity contribution is 5.79. The Kier molecular flexibility index (Phi) is 6.21. The van der Waals surface area contributed by atoms with Crippen LogP contribution < -0.4 is 5.56 Å². The molecule has 7 heteroatoms. The lowest BCUT2D eigenvalue weighted by molar-refractivity contribution is 0.0332. The van der Waals surface area contributed by atoms with E-state index in [1.807, 2.05) is 0 Å². The standard InChI is InChI=1S/C28H38N6O/c1-20-11-12-21-18-23(27(35)29-24(21)17-20)25(26-30-31-32-34(26)22-9-4-2-5-10-22)33-16-8-15-28(19-33)13-6-3-7-14-28/h11-12,17-18,22,25H,2-10,13-16,19H2,1H3,(H,29,35). The number of aromatic amines is 1. The van der Waals surface area contributed by atoms with Crippen molar-refractivity contribution in [2.24, 2.45) is 5.41 Å². The van der Waals surface area contributed by atoms with Crippen LogP contribution in [0.2, 0.25) is 0 Å². The quantitative estimate of drug-likeness (QED) is 0.543. The van der Waals surface area contributed by atoms with Crippen LogP contribution in [0, 0.1) is 12.3 Å². The number of H-pyrrole nitrogens is 1. The van der Waals surface area contributed by atoms with Crippen molar-refractivity contribution in [2.45, 2.75) is 96.1 Å². The van der Waals surface area contributed by atoms with Gasteiger partial charge in [0.15, 0.2) is 5.82 Å². The van der Waals surface area contributed by atoms with E-state index in [-0.39, 0.29) is 11.6 Å². The van der Waals surface area contributed by atoms with E-state index in [1.54, 1.807) is 0 Å². The van der Waals surface area contributed by atoms with Crippen LogP contribution >= 0.6 is 0 Å². The topological polar surface area (TPSA) is 79.7 Å². The first-order valence-corrected chi connectivity index (χ1v) is 13.8. The van der Waals surface area contributed by atoms with Crippen molar-refractivity contribution in [2.75, 3.05) is 13.1 Å². The molecule has 1 atom stereocenters. The van der Waals surface area contributed by atoms with Gasteiger partial charge in [-0.1, -0.05) is 50.7 Å². The summed E-state index contributed by atoms with van der Waals surface area (Å²) in [5, 5.41) is 14.4. The van der Waals surface area contributed by atoms with E-state index in [9.17, 15) is 4.79 Å². The minimum atomic E-state index is -0.222. The van der Waals surface area contributed by atoms with Crippen LogP contribution in [0.15, 0.2) is 29.1 Å². The molecule has 2 saturated carbocycles. The Balaban J connectivity index is 1.46. The number of tetrazole rings is 1. The van der Waals surface area contributed by atoms with Crippen molar-refractivity contribution in [1.29, 1.82) is 0 Å². The van der Waals surface area contributed by atoms with Crippen molar-refractivity contribution >= 4 is 10.9 Å². The summed E-state index contributed by atoms with van der Waals surface area (Å²) in [5.74, 6) is 0.849. The van der Waals surface area contributed by atoms with E-state index >= 15 is 0 Å². The summed E-state index contributed by atoms with van der Waals surface area (Å²) in [6.45, 7) is 4.07. The molecular formula is C28H38N6O. The average Bonchev–Trinajstić information content (AvgIpc) is 3.35. The maximum atomic E-state index is 13.6. The summed E-state index contributed by atoms with van der Waals surface area (Å²) in [4.78, 5) is 19.4. The predicted octanol–water partition coefficient (Wildman–Crippen LogP) is 5.46. The highest BCUT2D eigenvalue weighted by atomic mass is 16.1. The van der Waals surface area contributed by atoms with Crippen LogP contribution in [-0.2, 0) is 0 Å². The molecule has 1 aromatic carbocycles. The van der Waals surface area contributed by atoms with Gasteiger partial charge in [0.25, 0.3) is 5.56 Å². The normalized spacial score (nSPS) is 22.5. The lowest BCUT2D eigenvalue weighted by atomic mass is 9.69. The second-order valence-electron chi connectivity index (χ2n) is 11.5. The molecule has 1 N–H and O–H groups in total. The molecule has 1 saturated heterocycles. The molecule has 1 unspecified atom stereocenters. The number of rotatable bonds is 4. The lowest BCUT2D eigenvalue weighted by Gasteiger charge is -2.47. The van der Waals surface area contributed by atoms with Crippen molar-refractivity contribution in [3.8, 4) is 0 Å². The summed E-state index contributed by atoms with van der Waals surface area (Å²) in [6, 6.07) is 8.49. The van der Waals surface area contributed by atoms with Crippen LogP contribution in [-0.4, -0.2) is 43.2 Å². The predicted molar refractivity (Wildman–Crippen MR) is 137 cm³/mol. The molecule has 1 spiro atoms. The molecule has 2 aliphatic carbocycles. The van der Waals surface area contributed by atoms with Gasteiger partial charge in [-0.05, 0) is 90.9 Å². The fraction of sp³-hybridized carbons (Fsp3) is 0.643. The Bertz CT molecular complexity index is 1230. The molecule has 0 radical (unpaired) electrons. The number of nitrogens with zero attached hydrogens (tertiary/aromatic N) is 5. The third kappa shape index (κ3) is 4.44. The zero-order valence-corrected chi connectivity index (χ0v) is 21.0. The number of nitrogens with one attached hydrogen (secondary N) is 1. The molecule has 186 valence electrons. The van der Waals surface area contributed by atoms with Gasteiger partial charge in [-0.2, -0.15) is 0 Å². The number of pyridine rings is 1. The summed E-state index contributed by atoms with van der Waals surface area (Å²) < 4.78 is 2.07. The van der Waals surface area contributed by atoms with Gasteiger partial charge in [-0.25, -0.2) is 4.68 Å². The van der Waals surface area contributed by atoms with Gasteiger partial charge >= 0.3 is 0 Å². The van der Waals surface area contributed by atoms with Crippen LogP contribution in [0.25, 0.3) is 10.9 Å². The van der Waals surface area contributed by atoms with Gasteiger partial charge < -0.3 is 4.98 Å². The van der Waals surface area contributed by atoms with Crippen molar-refractivity contribution < 1.29 is 0 Å². The third-order valence-corrected chi connectivity index (χ3v) is 8.98. The van der Waals surface area contributed by atoms with E-state index in [4.69, 9.17) is 0 Å². The van der Waals surface area contributed by atoms with Crippen LogP contribution in [0.3, 0.4) is 0 Å². The molecule has 3 heterocycles. The SMILES string of the molecule is Cc1ccc2cc(C(c3nnnn3C3CCCCC3)N3CCCC4(CCCCC4)C3)c(=O)[nH]c2c1. The number of aromatic nitrogens is 5. The Morgan fingerprint density at radius 1 is 1.00 bits per heavy atom.